The number of nitrogens with zero attached hydrogens (tertiary/aromatic N) is 3. The molecule has 1 saturated carbocycles. The molecule has 2 aliphatic rings. The first kappa shape index (κ1) is 14.1. The van der Waals surface area contributed by atoms with Crippen molar-refractivity contribution in [2.75, 3.05) is 13.1 Å². The van der Waals surface area contributed by atoms with Gasteiger partial charge in [-0.2, -0.15) is 5.10 Å². The van der Waals surface area contributed by atoms with Gasteiger partial charge >= 0.3 is 0 Å². The molecule has 0 radical (unpaired) electrons. The van der Waals surface area contributed by atoms with Crippen LogP contribution in [0.25, 0.3) is 0 Å². The van der Waals surface area contributed by atoms with Gasteiger partial charge in [-0.1, -0.05) is 25.7 Å². The normalized spacial score (nSPS) is 27.6. The highest BCUT2D eigenvalue weighted by Gasteiger charge is 2.34. The molecule has 2 fully saturated rings. The minimum Gasteiger partial charge on any atom is -0.389 e. The second kappa shape index (κ2) is 6.27. The maximum Gasteiger partial charge on any atom is 0.0774 e. The standard InChI is InChI=1S/C16H27N3O/c20-16(8-3-1-4-9-16)14-18-11-5-2-7-15(18)13-19-12-6-10-17-19/h6,10,12,15,20H,1-5,7-9,11,13-14H2/t15-/m0/s1. The average molecular weight is 277 g/mol. The Morgan fingerprint density at radius 1 is 1.15 bits per heavy atom. The van der Waals surface area contributed by atoms with E-state index in [1.165, 1.54) is 38.5 Å². The summed E-state index contributed by atoms with van der Waals surface area (Å²) in [6, 6.07) is 2.52. The topological polar surface area (TPSA) is 41.3 Å². The molecule has 0 amide bonds. The fraction of sp³-hybridized carbons (Fsp3) is 0.812. The number of aromatic nitrogens is 2. The number of aliphatic hydroxyl groups is 1. The molecule has 1 saturated heterocycles. The van der Waals surface area contributed by atoms with Crippen molar-refractivity contribution in [3.8, 4) is 0 Å². The molecule has 4 heteroatoms. The van der Waals surface area contributed by atoms with E-state index in [0.717, 1.165) is 32.5 Å². The average Bonchev–Trinajstić information content (AvgIpc) is 2.94. The predicted molar refractivity (Wildman–Crippen MR) is 79.5 cm³/mol. The fourth-order valence-corrected chi connectivity index (χ4v) is 3.85. The lowest BCUT2D eigenvalue weighted by Gasteiger charge is -2.42. The van der Waals surface area contributed by atoms with Gasteiger partial charge in [0, 0.05) is 25.0 Å². The zero-order chi connectivity index (χ0) is 13.8. The molecule has 1 atom stereocenters. The van der Waals surface area contributed by atoms with Gasteiger partial charge in [-0.05, 0) is 38.3 Å². The highest BCUT2D eigenvalue weighted by atomic mass is 16.3. The molecular formula is C16H27N3O. The summed E-state index contributed by atoms with van der Waals surface area (Å²) in [5.74, 6) is 0. The second-order valence-corrected chi connectivity index (χ2v) is 6.63. The Labute approximate surface area is 121 Å². The zero-order valence-corrected chi connectivity index (χ0v) is 12.4. The third kappa shape index (κ3) is 3.41. The van der Waals surface area contributed by atoms with Crippen LogP contribution in [-0.4, -0.2) is 44.5 Å². The van der Waals surface area contributed by atoms with Crippen LogP contribution in [0, 0.1) is 0 Å². The van der Waals surface area contributed by atoms with Crippen molar-refractivity contribution in [2.24, 2.45) is 0 Å². The predicted octanol–water partition coefficient (Wildman–Crippen LogP) is 2.43. The molecule has 1 aliphatic carbocycles. The molecule has 1 aliphatic heterocycles. The number of hydrogen-bond acceptors (Lipinski definition) is 3. The third-order valence-corrected chi connectivity index (χ3v) is 4.99. The Morgan fingerprint density at radius 3 is 2.75 bits per heavy atom. The van der Waals surface area contributed by atoms with E-state index in [0.29, 0.717) is 6.04 Å². The maximum atomic E-state index is 10.8. The number of rotatable bonds is 4. The molecule has 2 heterocycles. The smallest absolute Gasteiger partial charge is 0.0774 e. The van der Waals surface area contributed by atoms with E-state index < -0.39 is 5.60 Å². The lowest BCUT2D eigenvalue weighted by molar-refractivity contribution is -0.0443. The van der Waals surface area contributed by atoms with Crippen molar-refractivity contribution >= 4 is 0 Å². The lowest BCUT2D eigenvalue weighted by atomic mass is 9.83. The molecule has 1 aromatic rings. The van der Waals surface area contributed by atoms with Crippen LogP contribution in [0.4, 0.5) is 0 Å². The fourth-order valence-electron chi connectivity index (χ4n) is 3.85. The van der Waals surface area contributed by atoms with Crippen molar-refractivity contribution in [3.63, 3.8) is 0 Å². The molecule has 4 nitrogen and oxygen atoms in total. The SMILES string of the molecule is OC1(CN2CCCC[C@H]2Cn2cccn2)CCCCC1. The van der Waals surface area contributed by atoms with E-state index >= 15 is 0 Å². The van der Waals surface area contributed by atoms with Crippen LogP contribution >= 0.6 is 0 Å². The number of piperidine rings is 1. The Hall–Kier alpha value is -0.870. The van der Waals surface area contributed by atoms with E-state index in [9.17, 15) is 5.11 Å². The summed E-state index contributed by atoms with van der Waals surface area (Å²) in [7, 11) is 0. The lowest BCUT2D eigenvalue weighted by Crippen LogP contribution is -2.51. The Bertz CT molecular complexity index is 398. The van der Waals surface area contributed by atoms with Crippen molar-refractivity contribution in [1.82, 2.24) is 14.7 Å². The molecule has 1 N–H and O–H groups in total. The number of likely N-dealkylation sites (tertiary alicyclic amines) is 1. The second-order valence-electron chi connectivity index (χ2n) is 6.63. The van der Waals surface area contributed by atoms with Crippen LogP contribution in [0.1, 0.15) is 51.4 Å². The van der Waals surface area contributed by atoms with Gasteiger partial charge in [0.2, 0.25) is 0 Å². The minimum atomic E-state index is -0.433. The summed E-state index contributed by atoms with van der Waals surface area (Å²) in [6.45, 7) is 2.95. The number of hydrogen-bond donors (Lipinski definition) is 1. The molecular weight excluding hydrogens is 250 g/mol. The summed E-state index contributed by atoms with van der Waals surface area (Å²) < 4.78 is 2.04. The quantitative estimate of drug-likeness (QED) is 0.919. The summed E-state index contributed by atoms with van der Waals surface area (Å²) in [5, 5.41) is 15.1. The van der Waals surface area contributed by atoms with Crippen LogP contribution in [0.3, 0.4) is 0 Å². The first-order valence-electron chi connectivity index (χ1n) is 8.19. The summed E-state index contributed by atoms with van der Waals surface area (Å²) in [5.41, 5.74) is -0.433. The molecule has 0 bridgehead atoms. The van der Waals surface area contributed by atoms with Crippen LogP contribution < -0.4 is 0 Å². The first-order chi connectivity index (χ1) is 9.75. The first-order valence-corrected chi connectivity index (χ1v) is 8.19. The van der Waals surface area contributed by atoms with E-state index in [2.05, 4.69) is 10.00 Å². The molecule has 112 valence electrons. The molecule has 0 spiro atoms. The van der Waals surface area contributed by atoms with Crippen LogP contribution in [0.15, 0.2) is 18.5 Å². The van der Waals surface area contributed by atoms with Gasteiger partial charge in [-0.3, -0.25) is 9.58 Å². The van der Waals surface area contributed by atoms with Gasteiger partial charge in [0.25, 0.3) is 0 Å². The Morgan fingerprint density at radius 2 is 2.00 bits per heavy atom. The van der Waals surface area contributed by atoms with Gasteiger partial charge in [-0.15, -0.1) is 0 Å². The maximum absolute atomic E-state index is 10.8. The van der Waals surface area contributed by atoms with Crippen LogP contribution in [0.5, 0.6) is 0 Å². The van der Waals surface area contributed by atoms with Gasteiger partial charge in [-0.25, -0.2) is 0 Å². The zero-order valence-electron chi connectivity index (χ0n) is 12.4. The van der Waals surface area contributed by atoms with Crippen LogP contribution in [0.2, 0.25) is 0 Å². The molecule has 0 unspecified atom stereocenters. The van der Waals surface area contributed by atoms with Crippen molar-refractivity contribution in [3.05, 3.63) is 18.5 Å². The van der Waals surface area contributed by atoms with E-state index in [4.69, 9.17) is 0 Å². The Kier molecular flexibility index (Phi) is 4.41. The van der Waals surface area contributed by atoms with E-state index in [-0.39, 0.29) is 0 Å². The molecule has 1 aromatic heterocycles. The third-order valence-electron chi connectivity index (χ3n) is 4.99. The van der Waals surface area contributed by atoms with Crippen molar-refractivity contribution in [2.45, 2.75) is 69.6 Å². The monoisotopic (exact) mass is 277 g/mol. The van der Waals surface area contributed by atoms with Gasteiger partial charge in [0.05, 0.1) is 12.1 Å². The highest BCUT2D eigenvalue weighted by molar-refractivity contribution is 4.90. The van der Waals surface area contributed by atoms with Gasteiger partial charge in [0.15, 0.2) is 0 Å². The summed E-state index contributed by atoms with van der Waals surface area (Å²) >= 11 is 0. The summed E-state index contributed by atoms with van der Waals surface area (Å²) in [4.78, 5) is 2.52. The highest BCUT2D eigenvalue weighted by Crippen LogP contribution is 2.31. The Balaban J connectivity index is 1.62. The largest absolute Gasteiger partial charge is 0.389 e. The minimum absolute atomic E-state index is 0.433. The van der Waals surface area contributed by atoms with Crippen LogP contribution in [-0.2, 0) is 6.54 Å². The van der Waals surface area contributed by atoms with Crippen molar-refractivity contribution < 1.29 is 5.11 Å². The van der Waals surface area contributed by atoms with Gasteiger partial charge < -0.3 is 5.11 Å². The summed E-state index contributed by atoms with van der Waals surface area (Å²) in [6.07, 6.45) is 13.3. The molecule has 20 heavy (non-hydrogen) atoms. The van der Waals surface area contributed by atoms with Gasteiger partial charge in [0.1, 0.15) is 0 Å². The van der Waals surface area contributed by atoms with E-state index in [1.807, 2.05) is 23.1 Å². The molecule has 3 rings (SSSR count). The van der Waals surface area contributed by atoms with E-state index in [1.54, 1.807) is 0 Å². The number of β-amino-alcohol motifs (C(OH)–C–C–N with tert-alkyl or cyclic N) is 1. The molecule has 0 aromatic carbocycles. The van der Waals surface area contributed by atoms with Crippen molar-refractivity contribution in [1.29, 1.82) is 0 Å².